The van der Waals surface area contributed by atoms with E-state index >= 15 is 0 Å². The molecule has 4 aromatic rings. The number of para-hydroxylation sites is 1. The van der Waals surface area contributed by atoms with E-state index in [-0.39, 0.29) is 18.5 Å². The maximum absolute atomic E-state index is 13.1. The fourth-order valence-electron chi connectivity index (χ4n) is 3.76. The Labute approximate surface area is 233 Å². The van der Waals surface area contributed by atoms with Gasteiger partial charge in [-0.25, -0.2) is 9.88 Å². The summed E-state index contributed by atoms with van der Waals surface area (Å²) >= 11 is 1.39. The minimum absolute atomic E-state index is 0.172. The lowest BCUT2D eigenvalue weighted by atomic mass is 10.1. The van der Waals surface area contributed by atoms with Crippen LogP contribution < -0.4 is 9.61 Å². The Kier molecular flexibility index (Phi) is 10.6. The number of carbonyl (C=O) groups is 2. The summed E-state index contributed by atoms with van der Waals surface area (Å²) in [6.07, 6.45) is 4.91. The van der Waals surface area contributed by atoms with Gasteiger partial charge in [0, 0.05) is 29.2 Å². The molecule has 0 amide bonds. The van der Waals surface area contributed by atoms with Gasteiger partial charge in [-0.2, -0.15) is 0 Å². The van der Waals surface area contributed by atoms with Gasteiger partial charge in [0.05, 0.1) is 6.61 Å². The number of ether oxygens (including phenoxy) is 2. The molecule has 202 valence electrons. The van der Waals surface area contributed by atoms with Crippen molar-refractivity contribution >= 4 is 41.7 Å². The minimum Gasteiger partial charge on any atom is -0.465 e. The van der Waals surface area contributed by atoms with Crippen LogP contribution in [0.15, 0.2) is 91.6 Å². The van der Waals surface area contributed by atoms with Crippen molar-refractivity contribution in [2.75, 3.05) is 13.2 Å². The van der Waals surface area contributed by atoms with Gasteiger partial charge in [-0.1, -0.05) is 49.9 Å². The second kappa shape index (κ2) is 14.5. The Balaban J connectivity index is 1.57. The number of nitrogens with zero attached hydrogens (tertiary/aromatic N) is 1. The number of aromatic nitrogens is 1. The highest BCUT2D eigenvalue weighted by atomic mass is 32.1. The molecule has 2 aromatic heterocycles. The summed E-state index contributed by atoms with van der Waals surface area (Å²) < 4.78 is 18.1. The molecular weight excluding hydrogens is 531 g/mol. The molecule has 2 aromatic carbocycles. The van der Waals surface area contributed by atoms with Gasteiger partial charge in [-0.3, -0.25) is 9.78 Å². The summed E-state index contributed by atoms with van der Waals surface area (Å²) in [5.41, 5.74) is 1.80. The van der Waals surface area contributed by atoms with Crippen LogP contribution in [0.25, 0.3) is 10.1 Å². The second-order valence-electron chi connectivity index (χ2n) is 8.69. The fourth-order valence-corrected chi connectivity index (χ4v) is 6.36. The van der Waals surface area contributed by atoms with E-state index in [2.05, 4.69) is 16.7 Å². The van der Waals surface area contributed by atoms with E-state index in [4.69, 9.17) is 14.0 Å². The van der Waals surface area contributed by atoms with Crippen molar-refractivity contribution in [1.29, 1.82) is 0 Å². The highest BCUT2D eigenvalue weighted by molar-refractivity contribution is 7.50. The van der Waals surface area contributed by atoms with Crippen LogP contribution in [0.3, 0.4) is 0 Å². The molecule has 4 rings (SSSR count). The average molecular weight is 563 g/mol. The van der Waals surface area contributed by atoms with Crippen molar-refractivity contribution in [3.05, 3.63) is 108 Å². The topological polar surface area (TPSA) is 86.8 Å². The Hall–Kier alpha value is -3.58. The van der Waals surface area contributed by atoms with Crippen molar-refractivity contribution in [2.45, 2.75) is 32.0 Å². The molecule has 7 nitrogen and oxygen atoms in total. The zero-order valence-corrected chi connectivity index (χ0v) is 23.5. The number of carbonyl (C=O) groups excluding carboxylic acids is 2. The molecule has 2 heterocycles. The molecule has 0 radical (unpaired) electrons. The highest BCUT2D eigenvalue weighted by Gasteiger charge is 2.26. The molecule has 0 spiro atoms. The number of nitrogens with one attached hydrogen (secondary N) is 1. The van der Waals surface area contributed by atoms with Gasteiger partial charge in [-0.15, -0.1) is 11.3 Å². The Morgan fingerprint density at radius 2 is 1.90 bits per heavy atom. The van der Waals surface area contributed by atoms with E-state index in [0.717, 1.165) is 27.8 Å². The van der Waals surface area contributed by atoms with E-state index in [1.165, 1.54) is 11.3 Å². The van der Waals surface area contributed by atoms with E-state index in [0.29, 0.717) is 29.8 Å². The van der Waals surface area contributed by atoms with Gasteiger partial charge < -0.3 is 14.0 Å². The summed E-state index contributed by atoms with van der Waals surface area (Å²) in [6, 6.07) is 22.4. The van der Waals surface area contributed by atoms with Crippen LogP contribution in [0.4, 0.5) is 0 Å². The number of rotatable bonds is 14. The summed E-state index contributed by atoms with van der Waals surface area (Å²) in [7, 11) is -1.34. The number of thiophene rings is 1. The lowest BCUT2D eigenvalue weighted by Gasteiger charge is -2.25. The normalized spacial score (nSPS) is 12.4. The molecular formula is C30H31N2O5PS. The third kappa shape index (κ3) is 8.45. The molecule has 39 heavy (non-hydrogen) atoms. The lowest BCUT2D eigenvalue weighted by molar-refractivity contribution is -0.145. The molecule has 0 bridgehead atoms. The number of pyridine rings is 1. The number of hydrogen-bond acceptors (Lipinski definition) is 8. The minimum atomic E-state index is -1.34. The quantitative estimate of drug-likeness (QED) is 0.104. The third-order valence-corrected chi connectivity index (χ3v) is 8.35. The SMILES string of the molecule is C=CCOC(=O)c1cc2cc(CP(NC(Cc3ccccn3)C(=O)OCCC)Oc3ccccc3)ccc2s1. The predicted molar refractivity (Wildman–Crippen MR) is 156 cm³/mol. The zero-order chi connectivity index (χ0) is 27.5. The predicted octanol–water partition coefficient (Wildman–Crippen LogP) is 6.68. The summed E-state index contributed by atoms with van der Waals surface area (Å²) in [4.78, 5) is 30.3. The molecule has 2 atom stereocenters. The van der Waals surface area contributed by atoms with Gasteiger partial charge >= 0.3 is 11.9 Å². The maximum atomic E-state index is 13.1. The first-order valence-electron chi connectivity index (χ1n) is 12.7. The first kappa shape index (κ1) is 28.4. The molecule has 0 saturated carbocycles. The highest BCUT2D eigenvalue weighted by Crippen LogP contribution is 2.40. The van der Waals surface area contributed by atoms with Crippen molar-refractivity contribution in [3.63, 3.8) is 0 Å². The number of fused-ring (bicyclic) bond motifs is 1. The van der Waals surface area contributed by atoms with Crippen molar-refractivity contribution < 1.29 is 23.6 Å². The molecule has 0 saturated heterocycles. The molecule has 9 heteroatoms. The Morgan fingerprint density at radius 3 is 2.64 bits per heavy atom. The van der Waals surface area contributed by atoms with Crippen molar-refractivity contribution in [2.24, 2.45) is 0 Å². The van der Waals surface area contributed by atoms with Crippen LogP contribution in [-0.2, 0) is 26.9 Å². The zero-order valence-electron chi connectivity index (χ0n) is 21.7. The van der Waals surface area contributed by atoms with Crippen LogP contribution >= 0.6 is 19.6 Å². The smallest absolute Gasteiger partial charge is 0.348 e. The van der Waals surface area contributed by atoms with E-state index in [9.17, 15) is 9.59 Å². The molecule has 0 aliphatic heterocycles. The van der Waals surface area contributed by atoms with Crippen LogP contribution in [-0.4, -0.2) is 36.2 Å². The largest absolute Gasteiger partial charge is 0.465 e. The number of esters is 2. The second-order valence-corrected chi connectivity index (χ2v) is 11.3. The maximum Gasteiger partial charge on any atom is 0.348 e. The molecule has 0 fully saturated rings. The van der Waals surface area contributed by atoms with Gasteiger partial charge in [0.25, 0.3) is 0 Å². The van der Waals surface area contributed by atoms with Gasteiger partial charge in [-0.05, 0) is 59.8 Å². The molecule has 1 N–H and O–H groups in total. The van der Waals surface area contributed by atoms with Crippen LogP contribution in [0.1, 0.15) is 34.3 Å². The van der Waals surface area contributed by atoms with E-state index in [1.54, 1.807) is 12.3 Å². The van der Waals surface area contributed by atoms with Crippen LogP contribution in [0.5, 0.6) is 5.75 Å². The van der Waals surface area contributed by atoms with E-state index in [1.807, 2.05) is 79.7 Å². The standard InChI is InChI=1S/C30H31N2O5PS/c1-3-16-35-29(33)26(20-24-10-8-9-15-31-24)32-38(37-25-11-6-5-7-12-25)21-22-13-14-27-23(18-22)19-28(39-27)30(34)36-17-4-2/h4-15,18-19,26,32H,2-3,16-17,20-21H2,1H3. The number of hydrogen-bond donors (Lipinski definition) is 1. The number of benzene rings is 2. The van der Waals surface area contributed by atoms with E-state index < -0.39 is 14.3 Å². The first-order valence-corrected chi connectivity index (χ1v) is 15.0. The summed E-state index contributed by atoms with van der Waals surface area (Å²) in [6.45, 7) is 6.07. The fraction of sp³-hybridized carbons (Fsp3) is 0.233. The Bertz CT molecular complexity index is 1380. The van der Waals surface area contributed by atoms with Gasteiger partial charge in [0.15, 0.2) is 8.30 Å². The van der Waals surface area contributed by atoms with Crippen molar-refractivity contribution in [1.82, 2.24) is 10.1 Å². The first-order chi connectivity index (χ1) is 19.1. The lowest BCUT2D eigenvalue weighted by Crippen LogP contribution is -2.38. The van der Waals surface area contributed by atoms with Crippen LogP contribution in [0, 0.1) is 0 Å². The molecule has 0 aliphatic carbocycles. The average Bonchev–Trinajstić information content (AvgIpc) is 3.39. The summed E-state index contributed by atoms with van der Waals surface area (Å²) in [5.74, 6) is 0.0121. The third-order valence-electron chi connectivity index (χ3n) is 5.57. The van der Waals surface area contributed by atoms with Gasteiger partial charge in [0.2, 0.25) is 0 Å². The van der Waals surface area contributed by atoms with Gasteiger partial charge in [0.1, 0.15) is 23.3 Å². The monoisotopic (exact) mass is 562 g/mol. The van der Waals surface area contributed by atoms with Crippen molar-refractivity contribution in [3.8, 4) is 5.75 Å². The Morgan fingerprint density at radius 1 is 1.08 bits per heavy atom. The molecule has 2 unspecified atom stereocenters. The van der Waals surface area contributed by atoms with Crippen LogP contribution in [0.2, 0.25) is 0 Å². The summed E-state index contributed by atoms with van der Waals surface area (Å²) in [5, 5.41) is 4.40. The molecule has 0 aliphatic rings.